The molecule has 10 heteroatoms. The second kappa shape index (κ2) is 10.9. The molecule has 180 valence electrons. The van der Waals surface area contributed by atoms with Gasteiger partial charge in [0.2, 0.25) is 0 Å². The summed E-state index contributed by atoms with van der Waals surface area (Å²) >= 11 is 7.59. The number of hydrogen-bond donors (Lipinski definition) is 2. The van der Waals surface area contributed by atoms with Crippen LogP contribution in [0.2, 0.25) is 5.02 Å². The molecule has 3 aromatic rings. The summed E-state index contributed by atoms with van der Waals surface area (Å²) in [4.78, 5) is 3.97. The molecular formula is C24H25ClFN3O3S2. The quantitative estimate of drug-likeness (QED) is 0.384. The van der Waals surface area contributed by atoms with Crippen LogP contribution in [0.15, 0.2) is 65.0 Å². The zero-order valence-corrected chi connectivity index (χ0v) is 20.9. The first kappa shape index (κ1) is 24.7. The molecule has 1 aromatic heterocycles. The van der Waals surface area contributed by atoms with E-state index >= 15 is 0 Å². The lowest BCUT2D eigenvalue weighted by Crippen LogP contribution is -2.41. The number of sulfonamides is 1. The predicted molar refractivity (Wildman–Crippen MR) is 134 cm³/mol. The Morgan fingerprint density at radius 3 is 2.71 bits per heavy atom. The minimum atomic E-state index is -3.81. The van der Waals surface area contributed by atoms with E-state index in [-0.39, 0.29) is 32.8 Å². The maximum atomic E-state index is 13.5. The van der Waals surface area contributed by atoms with Gasteiger partial charge < -0.3 is 10.1 Å². The molecular weight excluding hydrogens is 497 g/mol. The molecule has 2 atom stereocenters. The van der Waals surface area contributed by atoms with Crippen molar-refractivity contribution in [2.75, 3.05) is 17.9 Å². The summed E-state index contributed by atoms with van der Waals surface area (Å²) in [6.07, 6.45) is 5.57. The molecule has 0 amide bonds. The smallest absolute Gasteiger partial charge is 0.263 e. The van der Waals surface area contributed by atoms with Crippen molar-refractivity contribution in [2.45, 2.75) is 30.7 Å². The van der Waals surface area contributed by atoms with Crippen LogP contribution in [0.1, 0.15) is 25.3 Å². The Labute approximate surface area is 207 Å². The van der Waals surface area contributed by atoms with Crippen LogP contribution in [0.25, 0.3) is 5.57 Å². The average molecular weight is 522 g/mol. The van der Waals surface area contributed by atoms with Crippen molar-refractivity contribution in [2.24, 2.45) is 5.92 Å². The van der Waals surface area contributed by atoms with Gasteiger partial charge in [-0.25, -0.2) is 17.8 Å². The third-order valence-corrected chi connectivity index (χ3v) is 8.11. The lowest BCUT2D eigenvalue weighted by molar-refractivity contribution is 0.237. The molecule has 0 fully saturated rings. The van der Waals surface area contributed by atoms with Crippen LogP contribution in [0, 0.1) is 11.7 Å². The van der Waals surface area contributed by atoms with Gasteiger partial charge in [0.25, 0.3) is 10.0 Å². The van der Waals surface area contributed by atoms with Crippen molar-refractivity contribution in [3.05, 3.63) is 76.5 Å². The molecule has 0 aliphatic heterocycles. The molecule has 0 saturated carbocycles. The summed E-state index contributed by atoms with van der Waals surface area (Å²) in [5.41, 5.74) is 2.05. The Kier molecular flexibility index (Phi) is 7.88. The number of rotatable bonds is 9. The van der Waals surface area contributed by atoms with Gasteiger partial charge in [0.1, 0.15) is 11.6 Å². The number of benzene rings is 2. The largest absolute Gasteiger partial charge is 0.491 e. The Hall–Kier alpha value is -2.46. The summed E-state index contributed by atoms with van der Waals surface area (Å²) in [6.45, 7) is 3.21. The first-order chi connectivity index (χ1) is 16.4. The standard InChI is InChI=1S/C24H25ClFN3O3S2/c1-2-27-22-5-3-4-19(16-6-8-17(26)9-7-16)20(22)15-32-23-11-10-18(14-21(23)25)34(30,31)29-24-28-12-13-33-24/h4,6-14,20,22,27H,2-3,5,15H2,1H3,(H,28,29)/t20?,22-/m1/s1. The van der Waals surface area contributed by atoms with Crippen molar-refractivity contribution >= 4 is 43.7 Å². The molecule has 1 aliphatic carbocycles. The lowest BCUT2D eigenvalue weighted by atomic mass is 9.80. The molecule has 1 heterocycles. The van der Waals surface area contributed by atoms with Gasteiger partial charge in [0.15, 0.2) is 5.13 Å². The van der Waals surface area contributed by atoms with E-state index < -0.39 is 10.0 Å². The molecule has 2 N–H and O–H groups in total. The highest BCUT2D eigenvalue weighted by molar-refractivity contribution is 7.93. The fraction of sp³-hybridized carbons (Fsp3) is 0.292. The zero-order valence-electron chi connectivity index (χ0n) is 18.5. The van der Waals surface area contributed by atoms with Crippen molar-refractivity contribution < 1.29 is 17.5 Å². The van der Waals surface area contributed by atoms with E-state index in [1.807, 2.05) is 0 Å². The third kappa shape index (κ3) is 5.78. The van der Waals surface area contributed by atoms with Crippen molar-refractivity contribution in [1.82, 2.24) is 10.3 Å². The predicted octanol–water partition coefficient (Wildman–Crippen LogP) is 5.59. The fourth-order valence-electron chi connectivity index (χ4n) is 4.07. The molecule has 34 heavy (non-hydrogen) atoms. The topological polar surface area (TPSA) is 80.3 Å². The highest BCUT2D eigenvalue weighted by Crippen LogP contribution is 2.35. The molecule has 0 bridgehead atoms. The van der Waals surface area contributed by atoms with Gasteiger partial charge in [-0.3, -0.25) is 4.72 Å². The maximum absolute atomic E-state index is 13.5. The van der Waals surface area contributed by atoms with Crippen molar-refractivity contribution in [1.29, 1.82) is 0 Å². The van der Waals surface area contributed by atoms with Crippen LogP contribution in [-0.4, -0.2) is 32.6 Å². The van der Waals surface area contributed by atoms with Gasteiger partial charge in [-0.2, -0.15) is 0 Å². The van der Waals surface area contributed by atoms with Crippen LogP contribution in [0.3, 0.4) is 0 Å². The number of anilines is 1. The van der Waals surface area contributed by atoms with E-state index in [1.54, 1.807) is 23.6 Å². The summed E-state index contributed by atoms with van der Waals surface area (Å²) in [5.74, 6) is 0.140. The van der Waals surface area contributed by atoms with Gasteiger partial charge >= 0.3 is 0 Å². The minimum Gasteiger partial charge on any atom is -0.491 e. The Morgan fingerprint density at radius 1 is 1.24 bits per heavy atom. The van der Waals surface area contributed by atoms with E-state index in [9.17, 15) is 12.8 Å². The minimum absolute atomic E-state index is 0.0187. The zero-order chi connectivity index (χ0) is 24.1. The summed E-state index contributed by atoms with van der Waals surface area (Å²) in [7, 11) is -3.81. The molecule has 0 spiro atoms. The average Bonchev–Trinajstić information content (AvgIpc) is 3.32. The number of halogens is 2. The number of aromatic nitrogens is 1. The summed E-state index contributed by atoms with van der Waals surface area (Å²) in [6, 6.07) is 11.1. The van der Waals surface area contributed by atoms with Crippen LogP contribution in [0.4, 0.5) is 9.52 Å². The summed E-state index contributed by atoms with van der Waals surface area (Å²) in [5, 5.41) is 5.69. The number of thiazole rings is 1. The van der Waals surface area contributed by atoms with E-state index in [0.29, 0.717) is 12.4 Å². The number of nitrogens with zero attached hydrogens (tertiary/aromatic N) is 1. The van der Waals surface area contributed by atoms with E-state index in [0.717, 1.165) is 30.5 Å². The molecule has 1 unspecified atom stereocenters. The van der Waals surface area contributed by atoms with E-state index in [2.05, 4.69) is 28.0 Å². The van der Waals surface area contributed by atoms with E-state index in [1.165, 1.54) is 41.8 Å². The maximum Gasteiger partial charge on any atom is 0.263 e. The van der Waals surface area contributed by atoms with Gasteiger partial charge in [-0.1, -0.05) is 36.7 Å². The van der Waals surface area contributed by atoms with Gasteiger partial charge in [0.05, 0.1) is 16.5 Å². The molecule has 2 aromatic carbocycles. The molecule has 4 rings (SSSR count). The van der Waals surface area contributed by atoms with Gasteiger partial charge in [-0.05, 0) is 60.9 Å². The highest BCUT2D eigenvalue weighted by atomic mass is 35.5. The fourth-order valence-corrected chi connectivity index (χ4v) is 6.18. The Balaban J connectivity index is 1.52. The van der Waals surface area contributed by atoms with Gasteiger partial charge in [-0.15, -0.1) is 11.3 Å². The molecule has 6 nitrogen and oxygen atoms in total. The normalized spacial score (nSPS) is 18.4. The first-order valence-corrected chi connectivity index (χ1v) is 13.7. The molecule has 0 saturated heterocycles. The molecule has 1 aliphatic rings. The van der Waals surface area contributed by atoms with Crippen molar-refractivity contribution in [3.8, 4) is 5.75 Å². The second-order valence-corrected chi connectivity index (χ2v) is 10.8. The van der Waals surface area contributed by atoms with Crippen molar-refractivity contribution in [3.63, 3.8) is 0 Å². The van der Waals surface area contributed by atoms with Crippen LogP contribution >= 0.6 is 22.9 Å². The van der Waals surface area contributed by atoms with Crippen LogP contribution in [0.5, 0.6) is 5.75 Å². The Morgan fingerprint density at radius 2 is 2.03 bits per heavy atom. The Bertz CT molecular complexity index is 1250. The first-order valence-electron chi connectivity index (χ1n) is 10.9. The highest BCUT2D eigenvalue weighted by Gasteiger charge is 2.29. The van der Waals surface area contributed by atoms with Crippen LogP contribution in [-0.2, 0) is 10.0 Å². The van der Waals surface area contributed by atoms with Gasteiger partial charge in [0, 0.05) is 23.5 Å². The monoisotopic (exact) mass is 521 g/mol. The summed E-state index contributed by atoms with van der Waals surface area (Å²) < 4.78 is 47.2. The molecule has 0 radical (unpaired) electrons. The number of nitrogens with one attached hydrogen (secondary N) is 2. The number of ether oxygens (including phenoxy) is 1. The lowest BCUT2D eigenvalue weighted by Gasteiger charge is -2.33. The number of allylic oxidation sites excluding steroid dienone is 1. The van der Waals surface area contributed by atoms with E-state index in [4.69, 9.17) is 16.3 Å². The third-order valence-electron chi connectivity index (χ3n) is 5.66. The van der Waals surface area contributed by atoms with Crippen LogP contribution < -0.4 is 14.8 Å². The SMILES string of the molecule is CCN[C@@H]1CCC=C(c2ccc(F)cc2)C1COc1ccc(S(=O)(=O)Nc2nccs2)cc1Cl. The number of hydrogen-bond acceptors (Lipinski definition) is 6. The second-order valence-electron chi connectivity index (χ2n) is 7.86.